The van der Waals surface area contributed by atoms with Gasteiger partial charge in [0.15, 0.2) is 0 Å². The number of hydrogen-bond acceptors (Lipinski definition) is 2. The highest BCUT2D eigenvalue weighted by Gasteiger charge is 2.05. The zero-order chi connectivity index (χ0) is 12.7. The third-order valence-electron chi connectivity index (χ3n) is 2.73. The lowest BCUT2D eigenvalue weighted by Gasteiger charge is -2.07. The molecule has 0 spiro atoms. The summed E-state index contributed by atoms with van der Waals surface area (Å²) in [5, 5.41) is 10.7. The van der Waals surface area contributed by atoms with Crippen molar-refractivity contribution >= 4 is 17.3 Å². The molecule has 1 atom stereocenters. The zero-order valence-electron chi connectivity index (χ0n) is 10.1. The van der Waals surface area contributed by atoms with Crippen LogP contribution in [-0.4, -0.2) is 10.3 Å². The second-order valence-corrected chi connectivity index (χ2v) is 4.82. The number of rotatable bonds is 7. The summed E-state index contributed by atoms with van der Waals surface area (Å²) >= 11 is 6.12. The van der Waals surface area contributed by atoms with Crippen molar-refractivity contribution in [2.45, 2.75) is 44.4 Å². The molecule has 3 nitrogen and oxygen atoms in total. The van der Waals surface area contributed by atoms with Crippen LogP contribution in [0, 0.1) is 10.1 Å². The van der Waals surface area contributed by atoms with Crippen molar-refractivity contribution in [2.24, 2.45) is 0 Å². The van der Waals surface area contributed by atoms with Gasteiger partial charge in [-0.15, -0.1) is 11.6 Å². The number of benzene rings is 1. The van der Waals surface area contributed by atoms with Gasteiger partial charge in [-0.05, 0) is 31.2 Å². The molecule has 17 heavy (non-hydrogen) atoms. The lowest BCUT2D eigenvalue weighted by atomic mass is 10.1. The summed E-state index contributed by atoms with van der Waals surface area (Å²) < 4.78 is 0. The van der Waals surface area contributed by atoms with E-state index in [1.807, 2.05) is 12.1 Å². The first-order valence-electron chi connectivity index (χ1n) is 6.01. The highest BCUT2D eigenvalue weighted by Crippen LogP contribution is 2.16. The van der Waals surface area contributed by atoms with Crippen molar-refractivity contribution in [1.29, 1.82) is 0 Å². The number of hydrogen-bond donors (Lipinski definition) is 0. The summed E-state index contributed by atoms with van der Waals surface area (Å²) in [5.74, 6) is 0. The number of alkyl halides is 1. The molecule has 1 rings (SSSR count). The lowest BCUT2D eigenvalue weighted by molar-refractivity contribution is -0.384. The van der Waals surface area contributed by atoms with Crippen LogP contribution < -0.4 is 0 Å². The Morgan fingerprint density at radius 2 is 1.94 bits per heavy atom. The van der Waals surface area contributed by atoms with Crippen molar-refractivity contribution in [3.05, 3.63) is 39.9 Å². The minimum atomic E-state index is -0.375. The Balaban J connectivity index is 2.34. The number of aryl methyl sites for hydroxylation is 1. The smallest absolute Gasteiger partial charge is 0.258 e. The van der Waals surface area contributed by atoms with Crippen molar-refractivity contribution < 1.29 is 4.92 Å². The summed E-state index contributed by atoms with van der Waals surface area (Å²) in [5.41, 5.74) is 1.28. The maximum atomic E-state index is 10.5. The number of nitro benzene ring substituents is 1. The molecule has 0 radical (unpaired) electrons. The molecule has 0 heterocycles. The van der Waals surface area contributed by atoms with Crippen LogP contribution in [0.3, 0.4) is 0 Å². The average Bonchev–Trinajstić information content (AvgIpc) is 2.30. The minimum Gasteiger partial charge on any atom is -0.258 e. The SMILES string of the molecule is CCCC(Cl)CCCc1ccc([N+](=O)[O-])cc1. The van der Waals surface area contributed by atoms with Gasteiger partial charge in [0.1, 0.15) is 0 Å². The van der Waals surface area contributed by atoms with E-state index in [0.717, 1.165) is 37.7 Å². The average molecular weight is 256 g/mol. The van der Waals surface area contributed by atoms with Gasteiger partial charge >= 0.3 is 0 Å². The van der Waals surface area contributed by atoms with E-state index in [4.69, 9.17) is 11.6 Å². The highest BCUT2D eigenvalue weighted by molar-refractivity contribution is 6.20. The maximum Gasteiger partial charge on any atom is 0.269 e. The molecule has 0 saturated heterocycles. The summed E-state index contributed by atoms with van der Waals surface area (Å²) in [6.45, 7) is 2.13. The van der Waals surface area contributed by atoms with E-state index >= 15 is 0 Å². The molecule has 94 valence electrons. The summed E-state index contributed by atoms with van der Waals surface area (Å²) in [6, 6.07) is 6.75. The van der Waals surface area contributed by atoms with Gasteiger partial charge in [-0.25, -0.2) is 0 Å². The zero-order valence-corrected chi connectivity index (χ0v) is 10.8. The Kier molecular flexibility index (Phi) is 5.98. The van der Waals surface area contributed by atoms with Crippen LogP contribution in [-0.2, 0) is 6.42 Å². The molecule has 0 N–H and O–H groups in total. The number of non-ortho nitro benzene ring substituents is 1. The fourth-order valence-corrected chi connectivity index (χ4v) is 2.14. The fourth-order valence-electron chi connectivity index (χ4n) is 1.77. The van der Waals surface area contributed by atoms with Crippen molar-refractivity contribution in [3.8, 4) is 0 Å². The molecule has 1 aromatic carbocycles. The molecule has 0 aliphatic carbocycles. The first kappa shape index (κ1) is 14.0. The lowest BCUT2D eigenvalue weighted by Crippen LogP contribution is -1.98. The molecule has 0 bridgehead atoms. The molecule has 4 heteroatoms. The normalized spacial score (nSPS) is 12.4. The Labute approximate surface area is 107 Å². The molecule has 0 amide bonds. The van der Waals surface area contributed by atoms with E-state index in [-0.39, 0.29) is 16.0 Å². The van der Waals surface area contributed by atoms with E-state index < -0.39 is 0 Å². The van der Waals surface area contributed by atoms with Gasteiger partial charge in [-0.2, -0.15) is 0 Å². The number of nitro groups is 1. The van der Waals surface area contributed by atoms with Gasteiger partial charge in [0.05, 0.1) is 4.92 Å². The number of halogens is 1. The van der Waals surface area contributed by atoms with E-state index in [0.29, 0.717) is 0 Å². The second-order valence-electron chi connectivity index (χ2n) is 4.20. The van der Waals surface area contributed by atoms with E-state index in [9.17, 15) is 10.1 Å². The monoisotopic (exact) mass is 255 g/mol. The molecule has 1 aromatic rings. The summed E-state index contributed by atoms with van der Waals surface area (Å²) in [4.78, 5) is 10.1. The molecule has 0 fully saturated rings. The summed E-state index contributed by atoms with van der Waals surface area (Å²) in [7, 11) is 0. The molecule has 0 aliphatic rings. The third-order valence-corrected chi connectivity index (χ3v) is 3.17. The predicted octanol–water partition coefficient (Wildman–Crippen LogP) is 4.33. The van der Waals surface area contributed by atoms with Gasteiger partial charge in [-0.3, -0.25) is 10.1 Å². The topological polar surface area (TPSA) is 43.1 Å². The molecule has 0 saturated carbocycles. The van der Waals surface area contributed by atoms with E-state index in [2.05, 4.69) is 6.92 Å². The van der Waals surface area contributed by atoms with Crippen LogP contribution in [0.2, 0.25) is 0 Å². The first-order valence-corrected chi connectivity index (χ1v) is 6.44. The quantitative estimate of drug-likeness (QED) is 0.414. The van der Waals surface area contributed by atoms with Crippen LogP contribution in [0.25, 0.3) is 0 Å². The van der Waals surface area contributed by atoms with Gasteiger partial charge < -0.3 is 0 Å². The van der Waals surface area contributed by atoms with Crippen LogP contribution >= 0.6 is 11.6 Å². The largest absolute Gasteiger partial charge is 0.269 e. The molecule has 0 aliphatic heterocycles. The molecule has 1 unspecified atom stereocenters. The van der Waals surface area contributed by atoms with Crippen LogP contribution in [0.5, 0.6) is 0 Å². The van der Waals surface area contributed by atoms with Crippen LogP contribution in [0.1, 0.15) is 38.2 Å². The molecule has 0 aromatic heterocycles. The Hall–Kier alpha value is -1.09. The van der Waals surface area contributed by atoms with E-state index in [1.165, 1.54) is 0 Å². The Morgan fingerprint density at radius 3 is 2.47 bits per heavy atom. The summed E-state index contributed by atoms with van der Waals surface area (Å²) in [6.07, 6.45) is 5.15. The second kappa shape index (κ2) is 7.28. The van der Waals surface area contributed by atoms with Gasteiger partial charge in [0.2, 0.25) is 0 Å². The van der Waals surface area contributed by atoms with Gasteiger partial charge in [-0.1, -0.05) is 25.5 Å². The first-order chi connectivity index (χ1) is 8.13. The fraction of sp³-hybridized carbons (Fsp3) is 0.538. The molecular formula is C13H18ClNO2. The molecular weight excluding hydrogens is 238 g/mol. The predicted molar refractivity (Wildman–Crippen MR) is 70.6 cm³/mol. The van der Waals surface area contributed by atoms with Crippen molar-refractivity contribution in [1.82, 2.24) is 0 Å². The van der Waals surface area contributed by atoms with Crippen LogP contribution in [0.4, 0.5) is 5.69 Å². The minimum absolute atomic E-state index is 0.148. The van der Waals surface area contributed by atoms with Crippen LogP contribution in [0.15, 0.2) is 24.3 Å². The Morgan fingerprint density at radius 1 is 1.29 bits per heavy atom. The van der Waals surface area contributed by atoms with Gasteiger partial charge in [0, 0.05) is 17.5 Å². The van der Waals surface area contributed by atoms with Crippen molar-refractivity contribution in [2.75, 3.05) is 0 Å². The standard InChI is InChI=1S/C13H18ClNO2/c1-2-4-12(14)6-3-5-11-7-9-13(10-8-11)15(16)17/h7-10,12H,2-6H2,1H3. The Bertz CT molecular complexity index is 351. The third kappa shape index (κ3) is 5.18. The van der Waals surface area contributed by atoms with Gasteiger partial charge in [0.25, 0.3) is 5.69 Å². The van der Waals surface area contributed by atoms with Crippen molar-refractivity contribution in [3.63, 3.8) is 0 Å². The van der Waals surface area contributed by atoms with E-state index in [1.54, 1.807) is 12.1 Å². The highest BCUT2D eigenvalue weighted by atomic mass is 35.5. The maximum absolute atomic E-state index is 10.5. The number of nitrogens with zero attached hydrogens (tertiary/aromatic N) is 1.